The lowest BCUT2D eigenvalue weighted by Gasteiger charge is -2.14. The molecule has 0 unspecified atom stereocenters. The van der Waals surface area contributed by atoms with E-state index in [4.69, 9.17) is 9.26 Å². The van der Waals surface area contributed by atoms with Crippen molar-refractivity contribution < 1.29 is 27.3 Å². The molecule has 4 rings (SSSR count). The number of carbonyl (C=O) groups excluding carboxylic acids is 2. The van der Waals surface area contributed by atoms with E-state index < -0.39 is 28.1 Å². The van der Waals surface area contributed by atoms with E-state index >= 15 is 0 Å². The Balaban J connectivity index is 1.49. The first-order valence-corrected chi connectivity index (χ1v) is 12.9. The predicted molar refractivity (Wildman–Crippen MR) is 138 cm³/mol. The fraction of sp³-hybridized carbons (Fsp3) is 0.148. The summed E-state index contributed by atoms with van der Waals surface area (Å²) >= 11 is 0. The normalized spacial score (nSPS) is 12.0. The summed E-state index contributed by atoms with van der Waals surface area (Å²) in [4.78, 5) is 23.7. The van der Waals surface area contributed by atoms with Crippen molar-refractivity contribution in [1.82, 2.24) is 9.88 Å². The number of ether oxygens (including phenoxy) is 1. The highest BCUT2D eigenvalue weighted by Crippen LogP contribution is 2.33. The van der Waals surface area contributed by atoms with Crippen LogP contribution in [0.3, 0.4) is 0 Å². The van der Waals surface area contributed by atoms with Gasteiger partial charge in [-0.25, -0.2) is 17.9 Å². The number of aryl methyl sites for hydroxylation is 1. The van der Waals surface area contributed by atoms with E-state index in [1.807, 2.05) is 47.2 Å². The highest BCUT2D eigenvalue weighted by atomic mass is 32.2. The van der Waals surface area contributed by atoms with Gasteiger partial charge in [0.05, 0.1) is 4.90 Å². The molecule has 0 radical (unpaired) electrons. The van der Waals surface area contributed by atoms with Crippen LogP contribution in [0.2, 0.25) is 0 Å². The van der Waals surface area contributed by atoms with Crippen molar-refractivity contribution in [3.8, 4) is 22.5 Å². The summed E-state index contributed by atoms with van der Waals surface area (Å²) in [5.41, 5.74) is 4.06. The van der Waals surface area contributed by atoms with E-state index in [9.17, 15) is 18.0 Å². The van der Waals surface area contributed by atoms with Crippen LogP contribution in [-0.2, 0) is 19.6 Å². The van der Waals surface area contributed by atoms with Gasteiger partial charge in [0.2, 0.25) is 5.91 Å². The van der Waals surface area contributed by atoms with Gasteiger partial charge in [-0.05, 0) is 42.7 Å². The van der Waals surface area contributed by atoms with Gasteiger partial charge in [0, 0.05) is 12.5 Å². The van der Waals surface area contributed by atoms with Gasteiger partial charge in [0.15, 0.2) is 5.76 Å². The van der Waals surface area contributed by atoms with Crippen molar-refractivity contribution in [3.63, 3.8) is 0 Å². The summed E-state index contributed by atoms with van der Waals surface area (Å²) in [5, 5.41) is 6.72. The van der Waals surface area contributed by atoms with Gasteiger partial charge < -0.3 is 9.26 Å². The molecule has 1 aromatic heterocycles. The highest BCUT2D eigenvalue weighted by molar-refractivity contribution is 7.90. The maximum absolute atomic E-state index is 12.6. The van der Waals surface area contributed by atoms with E-state index in [1.165, 1.54) is 12.1 Å². The number of anilines is 1. The Bertz CT molecular complexity index is 1510. The maximum atomic E-state index is 12.6. The first kappa shape index (κ1) is 25.6. The summed E-state index contributed by atoms with van der Waals surface area (Å²) in [6.45, 7) is 4.64. The number of nitrogens with one attached hydrogen (secondary N) is 2. The average molecular weight is 520 g/mol. The van der Waals surface area contributed by atoms with Gasteiger partial charge in [0.25, 0.3) is 10.0 Å². The maximum Gasteiger partial charge on any atom is 0.412 e. The smallest absolute Gasteiger partial charge is 0.412 e. The molecule has 0 saturated heterocycles. The van der Waals surface area contributed by atoms with Crippen LogP contribution in [0.25, 0.3) is 22.5 Å². The molecule has 0 bridgehead atoms. The molecule has 0 aliphatic heterocycles. The zero-order chi connectivity index (χ0) is 26.6. The largest absolute Gasteiger partial charge is 0.441 e. The molecule has 37 heavy (non-hydrogen) atoms. The minimum absolute atomic E-state index is 0.00982. The van der Waals surface area contributed by atoms with E-state index in [2.05, 4.69) is 10.5 Å². The monoisotopic (exact) mass is 519 g/mol. The third-order valence-corrected chi connectivity index (χ3v) is 7.01. The fourth-order valence-corrected chi connectivity index (χ4v) is 4.68. The zero-order valence-corrected chi connectivity index (χ0v) is 21.2. The van der Waals surface area contributed by atoms with Crippen molar-refractivity contribution >= 4 is 27.7 Å². The number of rotatable bonds is 7. The first-order valence-electron chi connectivity index (χ1n) is 11.4. The molecule has 2 amide bonds. The summed E-state index contributed by atoms with van der Waals surface area (Å²) in [5.74, 6) is -0.278. The van der Waals surface area contributed by atoms with Crippen LogP contribution in [0.15, 0.2) is 88.3 Å². The Labute approximate surface area is 214 Å². The van der Waals surface area contributed by atoms with E-state index in [1.54, 1.807) is 38.1 Å². The molecule has 2 N–H and O–H groups in total. The van der Waals surface area contributed by atoms with Crippen LogP contribution in [0.1, 0.15) is 31.2 Å². The second kappa shape index (κ2) is 10.7. The second-order valence-electron chi connectivity index (χ2n) is 8.32. The van der Waals surface area contributed by atoms with E-state index in [-0.39, 0.29) is 4.90 Å². The van der Waals surface area contributed by atoms with E-state index in [0.717, 1.165) is 23.6 Å². The Hall–Kier alpha value is -4.44. The standard InChI is InChI=1S/C27H25N3O6S/c1-17-25(28-27(32)35-18(2)20-7-5-4-6-8-20)26(36-29-17)23-11-9-21(10-12-23)22-13-15-24(16-14-22)37(33,34)30-19(3)31/h4-16,18H,1-3H3,(H,28,32)(H,30,31)/t18-/m1/s1. The highest BCUT2D eigenvalue weighted by Gasteiger charge is 2.20. The van der Waals surface area contributed by atoms with Crippen molar-refractivity contribution in [3.05, 3.63) is 90.1 Å². The second-order valence-corrected chi connectivity index (χ2v) is 10.0. The minimum Gasteiger partial charge on any atom is -0.441 e. The molecule has 0 aliphatic rings. The van der Waals surface area contributed by atoms with Crippen LogP contribution in [0, 0.1) is 6.92 Å². The Morgan fingerprint density at radius 3 is 2.05 bits per heavy atom. The van der Waals surface area contributed by atoms with Crippen LogP contribution >= 0.6 is 0 Å². The number of nitrogens with zero attached hydrogens (tertiary/aromatic N) is 1. The fourth-order valence-electron chi connectivity index (χ4n) is 3.69. The van der Waals surface area contributed by atoms with Gasteiger partial charge in [-0.3, -0.25) is 10.1 Å². The lowest BCUT2D eigenvalue weighted by molar-refractivity contribution is -0.117. The van der Waals surface area contributed by atoms with Crippen molar-refractivity contribution in [2.45, 2.75) is 31.8 Å². The molecule has 3 aromatic carbocycles. The molecule has 0 fully saturated rings. The number of aromatic nitrogens is 1. The Morgan fingerprint density at radius 1 is 0.892 bits per heavy atom. The lowest BCUT2D eigenvalue weighted by atomic mass is 10.0. The number of amides is 2. The van der Waals surface area contributed by atoms with Crippen LogP contribution in [0.4, 0.5) is 10.5 Å². The Morgan fingerprint density at radius 2 is 1.46 bits per heavy atom. The molecule has 1 atom stereocenters. The number of sulfonamides is 1. The molecular formula is C27H25N3O6S. The first-order chi connectivity index (χ1) is 17.6. The van der Waals surface area contributed by atoms with Gasteiger partial charge in [-0.1, -0.05) is 71.9 Å². The molecule has 9 nitrogen and oxygen atoms in total. The topological polar surface area (TPSA) is 128 Å². The zero-order valence-electron chi connectivity index (χ0n) is 20.4. The van der Waals surface area contributed by atoms with E-state index in [0.29, 0.717) is 22.7 Å². The van der Waals surface area contributed by atoms with Gasteiger partial charge in [0.1, 0.15) is 17.5 Å². The molecule has 1 heterocycles. The van der Waals surface area contributed by atoms with Crippen molar-refractivity contribution in [2.24, 2.45) is 0 Å². The predicted octanol–water partition coefficient (Wildman–Crippen LogP) is 5.45. The third-order valence-electron chi connectivity index (χ3n) is 5.57. The molecule has 10 heteroatoms. The summed E-state index contributed by atoms with van der Waals surface area (Å²) in [6.07, 6.45) is -1.07. The number of hydrogen-bond donors (Lipinski definition) is 2. The molecule has 4 aromatic rings. The number of carbonyl (C=O) groups is 2. The minimum atomic E-state index is -3.90. The third kappa shape index (κ3) is 6.04. The van der Waals surface area contributed by atoms with Gasteiger partial charge in [-0.2, -0.15) is 0 Å². The quantitative estimate of drug-likeness (QED) is 0.332. The van der Waals surface area contributed by atoms with Crippen LogP contribution in [0.5, 0.6) is 0 Å². The summed E-state index contributed by atoms with van der Waals surface area (Å²) in [6, 6.07) is 22.9. The van der Waals surface area contributed by atoms with Crippen molar-refractivity contribution in [1.29, 1.82) is 0 Å². The van der Waals surface area contributed by atoms with Crippen molar-refractivity contribution in [2.75, 3.05) is 5.32 Å². The molecular weight excluding hydrogens is 494 g/mol. The Kier molecular flexibility index (Phi) is 7.40. The molecule has 190 valence electrons. The number of hydrogen-bond acceptors (Lipinski definition) is 7. The van der Waals surface area contributed by atoms with Crippen LogP contribution in [-0.4, -0.2) is 25.6 Å². The van der Waals surface area contributed by atoms with Gasteiger partial charge in [-0.15, -0.1) is 0 Å². The molecule has 0 saturated carbocycles. The molecule has 0 spiro atoms. The summed E-state index contributed by atoms with van der Waals surface area (Å²) in [7, 11) is -3.90. The summed E-state index contributed by atoms with van der Waals surface area (Å²) < 4.78 is 37.2. The SMILES string of the molecule is CC(=O)NS(=O)(=O)c1ccc(-c2ccc(-c3onc(C)c3NC(=O)O[C@H](C)c3ccccc3)cc2)cc1. The van der Waals surface area contributed by atoms with Crippen LogP contribution < -0.4 is 10.0 Å². The van der Waals surface area contributed by atoms with Gasteiger partial charge >= 0.3 is 6.09 Å². The number of benzene rings is 3. The average Bonchev–Trinajstić information content (AvgIpc) is 3.23. The lowest BCUT2D eigenvalue weighted by Crippen LogP contribution is -2.28. The molecule has 0 aliphatic carbocycles.